The van der Waals surface area contributed by atoms with Crippen molar-refractivity contribution in [2.24, 2.45) is 0 Å². The summed E-state index contributed by atoms with van der Waals surface area (Å²) in [5, 5.41) is 0. The van der Waals surface area contributed by atoms with Gasteiger partial charge in [0.2, 0.25) is 0 Å². The molecule has 1 N–H and O–H groups in total. The number of nitrogens with one attached hydrogen (secondary N) is 1. The van der Waals surface area contributed by atoms with Crippen LogP contribution in [0.3, 0.4) is 0 Å². The SMILES string of the molecule is CN(C)CCN(Cc1cnc[nH]1)C(=O)c1ccc2c(c1)CCCO2. The van der Waals surface area contributed by atoms with E-state index < -0.39 is 0 Å². The molecule has 1 aliphatic heterocycles. The Bertz CT molecular complexity index is 682. The Labute approximate surface area is 142 Å². The van der Waals surface area contributed by atoms with Crippen LogP contribution >= 0.6 is 0 Å². The lowest BCUT2D eigenvalue weighted by Crippen LogP contribution is -2.36. The maximum absolute atomic E-state index is 13.0. The zero-order chi connectivity index (χ0) is 16.9. The predicted octanol–water partition coefficient (Wildman–Crippen LogP) is 1.94. The highest BCUT2D eigenvalue weighted by Crippen LogP contribution is 2.26. The molecule has 0 saturated heterocycles. The molecular weight excluding hydrogens is 304 g/mol. The summed E-state index contributed by atoms with van der Waals surface area (Å²) in [4.78, 5) is 24.1. The number of hydrogen-bond donors (Lipinski definition) is 1. The van der Waals surface area contributed by atoms with Crippen LogP contribution in [-0.2, 0) is 13.0 Å². The highest BCUT2D eigenvalue weighted by Gasteiger charge is 2.19. The summed E-state index contributed by atoms with van der Waals surface area (Å²) >= 11 is 0. The molecule has 1 aromatic heterocycles. The van der Waals surface area contributed by atoms with Crippen LogP contribution in [0.5, 0.6) is 5.75 Å². The van der Waals surface area contributed by atoms with Gasteiger partial charge in [-0.1, -0.05) is 0 Å². The molecule has 1 aliphatic rings. The topological polar surface area (TPSA) is 61.5 Å². The number of H-pyrrole nitrogens is 1. The van der Waals surface area contributed by atoms with Gasteiger partial charge >= 0.3 is 0 Å². The first-order chi connectivity index (χ1) is 11.6. The van der Waals surface area contributed by atoms with E-state index in [1.54, 1.807) is 12.5 Å². The van der Waals surface area contributed by atoms with Crippen molar-refractivity contribution in [1.29, 1.82) is 0 Å². The monoisotopic (exact) mass is 328 g/mol. The molecule has 24 heavy (non-hydrogen) atoms. The first-order valence-corrected chi connectivity index (χ1v) is 8.30. The summed E-state index contributed by atoms with van der Waals surface area (Å²) in [6, 6.07) is 5.76. The van der Waals surface area contributed by atoms with E-state index in [0.29, 0.717) is 13.1 Å². The lowest BCUT2D eigenvalue weighted by atomic mass is 10.0. The second kappa shape index (κ2) is 7.49. The number of likely N-dealkylation sites (N-methyl/N-ethyl adjacent to an activating group) is 1. The molecule has 2 heterocycles. The number of aromatic nitrogens is 2. The average Bonchev–Trinajstić information content (AvgIpc) is 3.10. The van der Waals surface area contributed by atoms with Crippen molar-refractivity contribution in [3.05, 3.63) is 47.5 Å². The standard InChI is InChI=1S/C18H24N4O2/c1-21(2)7-8-22(12-16-11-19-13-20-16)18(23)15-5-6-17-14(10-15)4-3-9-24-17/h5-6,10-11,13H,3-4,7-9,12H2,1-2H3,(H,19,20). The van der Waals surface area contributed by atoms with Gasteiger partial charge in [0.25, 0.3) is 5.91 Å². The summed E-state index contributed by atoms with van der Waals surface area (Å²) in [5.74, 6) is 0.950. The van der Waals surface area contributed by atoms with Gasteiger partial charge in [0.1, 0.15) is 5.75 Å². The number of imidazole rings is 1. The average molecular weight is 328 g/mol. The highest BCUT2D eigenvalue weighted by molar-refractivity contribution is 5.94. The van der Waals surface area contributed by atoms with Crippen molar-refractivity contribution in [1.82, 2.24) is 19.8 Å². The van der Waals surface area contributed by atoms with Crippen LogP contribution in [0.4, 0.5) is 0 Å². The largest absolute Gasteiger partial charge is 0.493 e. The highest BCUT2D eigenvalue weighted by atomic mass is 16.5. The number of benzene rings is 1. The summed E-state index contributed by atoms with van der Waals surface area (Å²) in [7, 11) is 4.02. The van der Waals surface area contributed by atoms with Crippen molar-refractivity contribution in [2.75, 3.05) is 33.8 Å². The van der Waals surface area contributed by atoms with Gasteiger partial charge < -0.3 is 19.5 Å². The van der Waals surface area contributed by atoms with Crippen LogP contribution in [0.1, 0.15) is 28.0 Å². The summed E-state index contributed by atoms with van der Waals surface area (Å²) in [6.45, 7) is 2.77. The molecule has 0 aliphatic carbocycles. The molecule has 6 nitrogen and oxygen atoms in total. The number of ether oxygens (including phenoxy) is 1. The molecule has 0 bridgehead atoms. The first kappa shape index (κ1) is 16.5. The van der Waals surface area contributed by atoms with E-state index in [0.717, 1.165) is 48.6 Å². The molecule has 6 heteroatoms. The van der Waals surface area contributed by atoms with E-state index in [4.69, 9.17) is 4.74 Å². The van der Waals surface area contributed by atoms with Crippen molar-refractivity contribution in [3.8, 4) is 5.75 Å². The molecule has 0 fully saturated rings. The number of rotatable bonds is 6. The number of fused-ring (bicyclic) bond motifs is 1. The summed E-state index contributed by atoms with van der Waals surface area (Å²) in [5.41, 5.74) is 2.78. The molecule has 2 aromatic rings. The van der Waals surface area contributed by atoms with Gasteiger partial charge in [0, 0.05) is 24.8 Å². The fourth-order valence-electron chi connectivity index (χ4n) is 2.83. The summed E-state index contributed by atoms with van der Waals surface area (Å²) < 4.78 is 5.64. The van der Waals surface area contributed by atoms with Crippen LogP contribution < -0.4 is 4.74 Å². The van der Waals surface area contributed by atoms with Crippen LogP contribution in [0.15, 0.2) is 30.7 Å². The number of aryl methyl sites for hydroxylation is 1. The van der Waals surface area contributed by atoms with Crippen LogP contribution in [0.25, 0.3) is 0 Å². The smallest absolute Gasteiger partial charge is 0.254 e. The van der Waals surface area contributed by atoms with Crippen LogP contribution in [0, 0.1) is 0 Å². The lowest BCUT2D eigenvalue weighted by Gasteiger charge is -2.25. The number of hydrogen-bond acceptors (Lipinski definition) is 4. The Hall–Kier alpha value is -2.34. The molecule has 0 radical (unpaired) electrons. The number of carbonyl (C=O) groups is 1. The van der Waals surface area contributed by atoms with E-state index in [2.05, 4.69) is 14.9 Å². The minimum atomic E-state index is 0.0415. The third-order valence-corrected chi connectivity index (χ3v) is 4.18. The first-order valence-electron chi connectivity index (χ1n) is 8.30. The van der Waals surface area contributed by atoms with Crippen molar-refractivity contribution in [3.63, 3.8) is 0 Å². The molecule has 0 atom stereocenters. The molecule has 3 rings (SSSR count). The van der Waals surface area contributed by atoms with E-state index >= 15 is 0 Å². The fraction of sp³-hybridized carbons (Fsp3) is 0.444. The zero-order valence-electron chi connectivity index (χ0n) is 14.3. The quantitative estimate of drug-likeness (QED) is 0.880. The maximum atomic E-state index is 13.0. The van der Waals surface area contributed by atoms with E-state index in [1.165, 1.54) is 0 Å². The Morgan fingerprint density at radius 3 is 2.96 bits per heavy atom. The molecule has 0 saturated carbocycles. The molecule has 0 spiro atoms. The van der Waals surface area contributed by atoms with Crippen LogP contribution in [-0.4, -0.2) is 59.5 Å². The Kier molecular flexibility index (Phi) is 5.15. The number of nitrogens with zero attached hydrogens (tertiary/aromatic N) is 3. The second-order valence-corrected chi connectivity index (χ2v) is 6.38. The fourth-order valence-corrected chi connectivity index (χ4v) is 2.83. The van der Waals surface area contributed by atoms with Gasteiger partial charge in [0.15, 0.2) is 0 Å². The Balaban J connectivity index is 1.78. The van der Waals surface area contributed by atoms with Gasteiger partial charge in [0.05, 0.1) is 25.2 Å². The van der Waals surface area contributed by atoms with Gasteiger partial charge in [-0.2, -0.15) is 0 Å². The van der Waals surface area contributed by atoms with Crippen LogP contribution in [0.2, 0.25) is 0 Å². The van der Waals surface area contributed by atoms with Gasteiger partial charge in [-0.15, -0.1) is 0 Å². The number of amides is 1. The molecule has 1 amide bonds. The number of aromatic amines is 1. The minimum Gasteiger partial charge on any atom is -0.493 e. The molecule has 0 unspecified atom stereocenters. The summed E-state index contributed by atoms with van der Waals surface area (Å²) in [6.07, 6.45) is 5.37. The third kappa shape index (κ3) is 3.94. The Morgan fingerprint density at radius 1 is 1.33 bits per heavy atom. The molecule has 1 aromatic carbocycles. The van der Waals surface area contributed by atoms with Gasteiger partial charge in [-0.25, -0.2) is 4.98 Å². The predicted molar refractivity (Wildman–Crippen MR) is 92.1 cm³/mol. The van der Waals surface area contributed by atoms with E-state index in [1.807, 2.05) is 37.2 Å². The van der Waals surface area contributed by atoms with Crippen molar-refractivity contribution >= 4 is 5.91 Å². The van der Waals surface area contributed by atoms with Gasteiger partial charge in [-0.3, -0.25) is 4.79 Å². The normalized spacial score (nSPS) is 13.5. The molecular formula is C18H24N4O2. The molecule has 128 valence electrons. The van der Waals surface area contributed by atoms with E-state index in [9.17, 15) is 4.79 Å². The maximum Gasteiger partial charge on any atom is 0.254 e. The van der Waals surface area contributed by atoms with Crippen molar-refractivity contribution < 1.29 is 9.53 Å². The third-order valence-electron chi connectivity index (χ3n) is 4.18. The minimum absolute atomic E-state index is 0.0415. The lowest BCUT2D eigenvalue weighted by molar-refractivity contribution is 0.0730. The second-order valence-electron chi connectivity index (χ2n) is 6.38. The number of carbonyl (C=O) groups excluding carboxylic acids is 1. The zero-order valence-corrected chi connectivity index (χ0v) is 14.3. The van der Waals surface area contributed by atoms with Crippen molar-refractivity contribution in [2.45, 2.75) is 19.4 Å². The van der Waals surface area contributed by atoms with Gasteiger partial charge in [-0.05, 0) is 50.7 Å². The Morgan fingerprint density at radius 2 is 2.21 bits per heavy atom. The van der Waals surface area contributed by atoms with E-state index in [-0.39, 0.29) is 5.91 Å².